The molecule has 1 saturated heterocycles. The Labute approximate surface area is 138 Å². The first-order valence-electron chi connectivity index (χ1n) is 5.67. The Hall–Kier alpha value is 0.619. The third kappa shape index (κ3) is 12.1. The van der Waals surface area contributed by atoms with Gasteiger partial charge in [-0.05, 0) is 0 Å². The van der Waals surface area contributed by atoms with Crippen molar-refractivity contribution >= 4 is 55.8 Å². The molecule has 3 nitrogen and oxygen atoms in total. The average molecular weight is 445 g/mol. The number of hydrogen-bond acceptors (Lipinski definition) is 2. The second kappa shape index (κ2) is 13.6. The maximum atomic E-state index is 7.13. The summed E-state index contributed by atoms with van der Waals surface area (Å²) in [5, 5.41) is 17.5. The molecule has 1 atom stereocenters. The van der Waals surface area contributed by atoms with Crippen LogP contribution in [0.2, 0.25) is 0 Å². The molecule has 1 unspecified atom stereocenters. The van der Waals surface area contributed by atoms with Crippen molar-refractivity contribution < 1.29 is 0 Å². The van der Waals surface area contributed by atoms with E-state index in [1.165, 1.54) is 30.4 Å². The number of nitriles is 1. The molecule has 2 rings (SSSR count). The van der Waals surface area contributed by atoms with Crippen LogP contribution in [-0.2, 0) is 12.6 Å². The number of allylic oxidation sites excluding steroid dienone is 2. The summed E-state index contributed by atoms with van der Waals surface area (Å²) in [7, 11) is 15.0. The number of thiocyanates is 1. The van der Waals surface area contributed by atoms with Crippen molar-refractivity contribution in [2.24, 2.45) is 0 Å². The van der Waals surface area contributed by atoms with E-state index >= 15 is 0 Å². The molecular weight excluding hydrogens is 431 g/mol. The first kappa shape index (κ1) is 19.6. The number of halogens is 3. The average Bonchev–Trinajstić information content (AvgIpc) is 2.41. The zero-order valence-corrected chi connectivity index (χ0v) is 16.2. The molecule has 2 aliphatic rings. The summed E-state index contributed by atoms with van der Waals surface area (Å²) in [6.45, 7) is 1.87. The van der Waals surface area contributed by atoms with Gasteiger partial charge in [0.05, 0.1) is 0 Å². The van der Waals surface area contributed by atoms with E-state index in [2.05, 4.69) is 41.5 Å². The Morgan fingerprint density at radius 1 is 1.37 bits per heavy atom. The third-order valence-electron chi connectivity index (χ3n) is 2.36. The van der Waals surface area contributed by atoms with E-state index in [0.717, 1.165) is 13.1 Å². The molecular formula is C11H14Cl3N3SSn-3. The summed E-state index contributed by atoms with van der Waals surface area (Å²) < 4.78 is 0. The monoisotopic (exact) mass is 445 g/mol. The molecule has 1 fully saturated rings. The van der Waals surface area contributed by atoms with Crippen LogP contribution < -0.4 is 0 Å². The maximum absolute atomic E-state index is 7.13. The third-order valence-corrected chi connectivity index (χ3v) is 2.36. The molecule has 0 aromatic heterocycles. The van der Waals surface area contributed by atoms with Gasteiger partial charge in [-0.1, -0.05) is 36.8 Å². The second-order valence-electron chi connectivity index (χ2n) is 3.58. The second-order valence-corrected chi connectivity index (χ2v) is 16.5. The Kier molecular flexibility index (Phi) is 14.0. The summed E-state index contributed by atoms with van der Waals surface area (Å²) in [6, 6.07) is 0.406. The van der Waals surface area contributed by atoms with Crippen LogP contribution in [-0.4, -0.2) is 35.5 Å². The molecule has 0 N–H and O–H groups in total. The normalized spacial score (nSPS) is 20.8. The molecule has 0 aliphatic carbocycles. The van der Waals surface area contributed by atoms with E-state index in [0.29, 0.717) is 6.04 Å². The zero-order valence-electron chi connectivity index (χ0n) is 10.2. The quantitative estimate of drug-likeness (QED) is 0.340. The molecule has 0 bridgehead atoms. The Bertz CT molecular complexity index is 323. The van der Waals surface area contributed by atoms with Crippen LogP contribution in [0.4, 0.5) is 0 Å². The van der Waals surface area contributed by atoms with Gasteiger partial charge in [0.2, 0.25) is 0 Å². The molecule has 0 spiro atoms. The minimum absolute atomic E-state index is 0.406. The summed E-state index contributed by atoms with van der Waals surface area (Å²) in [6.07, 6.45) is 10.0. The van der Waals surface area contributed by atoms with Crippen LogP contribution in [0, 0.1) is 10.7 Å². The summed E-state index contributed by atoms with van der Waals surface area (Å²) in [5.41, 5.74) is 1.19. The summed E-state index contributed by atoms with van der Waals surface area (Å²) in [5.74, 6) is 0. The minimum atomic E-state index is -2.13. The van der Waals surface area contributed by atoms with Crippen molar-refractivity contribution in [1.82, 2.24) is 0 Å². The SMILES string of the molecule is C1=CC[N-]C(C2CCCC[N-]2)=C1.N#C[S-].[Cl][Sn]([Cl])[Cl]. The molecule has 1 radical (unpaired) electrons. The van der Waals surface area contributed by atoms with E-state index in [4.69, 9.17) is 32.0 Å². The molecule has 0 amide bonds. The predicted molar refractivity (Wildman–Crippen MR) is 87.6 cm³/mol. The number of rotatable bonds is 1. The molecule has 2 aliphatic heterocycles. The van der Waals surface area contributed by atoms with E-state index in [-0.39, 0.29) is 0 Å². The molecule has 19 heavy (non-hydrogen) atoms. The fourth-order valence-electron chi connectivity index (χ4n) is 1.68. The molecule has 107 valence electrons. The first-order valence-corrected chi connectivity index (χ1v) is 16.9. The zero-order chi connectivity index (χ0) is 14.5. The van der Waals surface area contributed by atoms with E-state index in [9.17, 15) is 0 Å². The van der Waals surface area contributed by atoms with Gasteiger partial charge in [-0.2, -0.15) is 5.70 Å². The van der Waals surface area contributed by atoms with Crippen LogP contribution >= 0.6 is 26.8 Å². The van der Waals surface area contributed by atoms with Gasteiger partial charge in [-0.15, -0.1) is 25.2 Å². The molecule has 0 aromatic carbocycles. The van der Waals surface area contributed by atoms with Gasteiger partial charge in [0.15, 0.2) is 0 Å². The van der Waals surface area contributed by atoms with Gasteiger partial charge in [-0.3, -0.25) is 0 Å². The summed E-state index contributed by atoms with van der Waals surface area (Å²) in [4.78, 5) is 0. The van der Waals surface area contributed by atoms with Crippen molar-refractivity contribution in [3.05, 3.63) is 34.6 Å². The number of hydrogen-bond donors (Lipinski definition) is 0. The van der Waals surface area contributed by atoms with E-state index in [1.54, 1.807) is 0 Å². The van der Waals surface area contributed by atoms with Crippen molar-refractivity contribution in [2.75, 3.05) is 13.1 Å². The number of nitrogens with zero attached hydrogens (tertiary/aromatic N) is 3. The van der Waals surface area contributed by atoms with Crippen molar-refractivity contribution in [3.8, 4) is 5.40 Å². The van der Waals surface area contributed by atoms with Crippen LogP contribution in [0.25, 0.3) is 10.6 Å². The van der Waals surface area contributed by atoms with Gasteiger partial charge in [0, 0.05) is 0 Å². The van der Waals surface area contributed by atoms with E-state index in [1.807, 2.05) is 0 Å². The topological polar surface area (TPSA) is 52.0 Å². The van der Waals surface area contributed by atoms with Gasteiger partial charge in [0.1, 0.15) is 0 Å². The fraction of sp³-hybridized carbons (Fsp3) is 0.545. The first-order chi connectivity index (χ1) is 9.11. The van der Waals surface area contributed by atoms with Gasteiger partial charge in [-0.25, -0.2) is 5.26 Å². The Morgan fingerprint density at radius 3 is 2.42 bits per heavy atom. The molecule has 8 heteroatoms. The van der Waals surface area contributed by atoms with Gasteiger partial charge < -0.3 is 23.3 Å². The van der Waals surface area contributed by atoms with Crippen LogP contribution in [0.3, 0.4) is 0 Å². The van der Waals surface area contributed by atoms with Gasteiger partial charge >= 0.3 is 43.1 Å². The molecule has 2 heterocycles. The molecule has 0 saturated carbocycles. The Morgan fingerprint density at radius 2 is 2.00 bits per heavy atom. The fourth-order valence-corrected chi connectivity index (χ4v) is 1.68. The standard InChI is InChI=1S/C10H14N2.CHNS.3ClH.Sn/c1-3-7-11-9(5-1)10-6-2-4-8-12-10;2-1-3;;;;/h1,3,5,10H,2,4,6-8H2;3H;3*1H;/q-2;;;;;+3/p-4. The van der Waals surface area contributed by atoms with Gasteiger partial charge in [0.25, 0.3) is 0 Å². The van der Waals surface area contributed by atoms with Crippen molar-refractivity contribution in [2.45, 2.75) is 25.3 Å². The van der Waals surface area contributed by atoms with Crippen molar-refractivity contribution in [3.63, 3.8) is 0 Å². The van der Waals surface area contributed by atoms with Crippen molar-refractivity contribution in [1.29, 1.82) is 5.26 Å². The Balaban J connectivity index is 0.000000393. The van der Waals surface area contributed by atoms with Crippen LogP contribution in [0.5, 0.6) is 0 Å². The molecule has 0 aromatic rings. The van der Waals surface area contributed by atoms with E-state index < -0.39 is 16.4 Å². The number of piperidine rings is 1. The predicted octanol–water partition coefficient (Wildman–Crippen LogP) is 4.44. The van der Waals surface area contributed by atoms with Crippen LogP contribution in [0.1, 0.15) is 19.3 Å². The summed E-state index contributed by atoms with van der Waals surface area (Å²) >= 11 is 1.57. The van der Waals surface area contributed by atoms with Crippen LogP contribution in [0.15, 0.2) is 23.9 Å².